The average molecular weight is 438 g/mol. The van der Waals surface area contributed by atoms with Gasteiger partial charge in [-0.25, -0.2) is 19.2 Å². The highest BCUT2D eigenvalue weighted by Crippen LogP contribution is 2.39. The summed E-state index contributed by atoms with van der Waals surface area (Å²) in [4.78, 5) is 45.7. The molecule has 3 aromatic rings. The molecule has 1 aromatic heterocycles. The van der Waals surface area contributed by atoms with Crippen molar-refractivity contribution in [1.29, 1.82) is 0 Å². The molecule has 1 unspecified atom stereocenters. The van der Waals surface area contributed by atoms with Crippen molar-refractivity contribution in [3.05, 3.63) is 77.6 Å². The van der Waals surface area contributed by atoms with Crippen LogP contribution in [-0.4, -0.2) is 38.9 Å². The summed E-state index contributed by atoms with van der Waals surface area (Å²) in [5.74, 6) is -2.83. The summed E-state index contributed by atoms with van der Waals surface area (Å²) in [7, 11) is 0. The van der Waals surface area contributed by atoms with Gasteiger partial charge in [0.15, 0.2) is 0 Å². The molecule has 0 spiro atoms. The Morgan fingerprint density at radius 1 is 1.13 bits per heavy atom. The first-order chi connectivity index (χ1) is 14.9. The largest absolute Gasteiger partial charge is 0.480 e. The van der Waals surface area contributed by atoms with Crippen LogP contribution in [0.15, 0.2) is 64.9 Å². The lowest BCUT2D eigenvalue weighted by Gasteiger charge is -2.15. The van der Waals surface area contributed by atoms with Crippen LogP contribution in [-0.2, 0) is 11.2 Å². The van der Waals surface area contributed by atoms with E-state index in [9.17, 15) is 23.9 Å². The number of hydrogen-bond acceptors (Lipinski definition) is 6. The van der Waals surface area contributed by atoms with Crippen LogP contribution >= 0.6 is 11.8 Å². The van der Waals surface area contributed by atoms with Gasteiger partial charge in [-0.05, 0) is 42.0 Å². The Bertz CT molecular complexity index is 1190. The number of carboxylic acids is 1. The van der Waals surface area contributed by atoms with Crippen LogP contribution in [0.25, 0.3) is 0 Å². The van der Waals surface area contributed by atoms with Crippen molar-refractivity contribution < 1.29 is 23.9 Å². The minimum absolute atomic E-state index is 0.0142. The number of anilines is 1. The molecule has 0 fully saturated rings. The van der Waals surface area contributed by atoms with Crippen LogP contribution in [0, 0.1) is 5.82 Å². The monoisotopic (exact) mass is 438 g/mol. The summed E-state index contributed by atoms with van der Waals surface area (Å²) < 4.78 is 13.5. The molecular formula is C21H15FN4O4S. The van der Waals surface area contributed by atoms with E-state index in [4.69, 9.17) is 0 Å². The topological polar surface area (TPSA) is 121 Å². The van der Waals surface area contributed by atoms with E-state index < -0.39 is 29.6 Å². The zero-order valence-corrected chi connectivity index (χ0v) is 16.6. The highest BCUT2D eigenvalue weighted by molar-refractivity contribution is 7.99. The predicted molar refractivity (Wildman–Crippen MR) is 110 cm³/mol. The van der Waals surface area contributed by atoms with Gasteiger partial charge in [-0.2, -0.15) is 0 Å². The van der Waals surface area contributed by atoms with Gasteiger partial charge in [0.1, 0.15) is 18.2 Å². The van der Waals surface area contributed by atoms with Crippen molar-refractivity contribution in [2.75, 3.05) is 5.32 Å². The Morgan fingerprint density at radius 2 is 1.87 bits per heavy atom. The third-order valence-electron chi connectivity index (χ3n) is 4.55. The third kappa shape index (κ3) is 4.53. The van der Waals surface area contributed by atoms with Gasteiger partial charge in [-0.1, -0.05) is 11.8 Å². The first-order valence-corrected chi connectivity index (χ1v) is 9.93. The number of benzene rings is 2. The van der Waals surface area contributed by atoms with Crippen LogP contribution < -0.4 is 10.6 Å². The van der Waals surface area contributed by atoms with Gasteiger partial charge in [0.2, 0.25) is 0 Å². The second kappa shape index (κ2) is 8.52. The quantitative estimate of drug-likeness (QED) is 0.560. The van der Waals surface area contributed by atoms with Crippen LogP contribution in [0.2, 0.25) is 0 Å². The summed E-state index contributed by atoms with van der Waals surface area (Å²) >= 11 is 1.27. The van der Waals surface area contributed by atoms with Crippen LogP contribution in [0.4, 0.5) is 10.1 Å². The highest BCUT2D eigenvalue weighted by Gasteiger charge is 2.24. The molecule has 0 bridgehead atoms. The van der Waals surface area contributed by atoms with E-state index in [1.165, 1.54) is 54.7 Å². The van der Waals surface area contributed by atoms with Crippen LogP contribution in [0.5, 0.6) is 0 Å². The van der Waals surface area contributed by atoms with Crippen molar-refractivity contribution >= 4 is 35.2 Å². The lowest BCUT2D eigenvalue weighted by Crippen LogP contribution is -2.42. The SMILES string of the molecule is O=C(NC(Cc1cncnc1)C(=O)O)c1ccc2c(c1)NC(=O)c1cc(F)ccc1S2. The lowest BCUT2D eigenvalue weighted by atomic mass is 10.1. The van der Waals surface area contributed by atoms with Gasteiger partial charge in [-0.15, -0.1) is 0 Å². The molecular weight excluding hydrogens is 423 g/mol. The molecule has 0 radical (unpaired) electrons. The van der Waals surface area contributed by atoms with Gasteiger partial charge in [0, 0.05) is 34.2 Å². The minimum Gasteiger partial charge on any atom is -0.480 e. The molecule has 31 heavy (non-hydrogen) atoms. The molecule has 3 N–H and O–H groups in total. The number of nitrogens with one attached hydrogen (secondary N) is 2. The second-order valence-corrected chi connectivity index (χ2v) is 7.81. The fourth-order valence-electron chi connectivity index (χ4n) is 3.05. The molecule has 4 rings (SSSR count). The summed E-state index contributed by atoms with van der Waals surface area (Å²) in [5.41, 5.74) is 1.31. The second-order valence-electron chi connectivity index (χ2n) is 6.72. The summed E-state index contributed by atoms with van der Waals surface area (Å²) in [6, 6.07) is 7.41. The predicted octanol–water partition coefficient (Wildman–Crippen LogP) is 2.76. The first kappa shape index (κ1) is 20.5. The van der Waals surface area contributed by atoms with E-state index in [-0.39, 0.29) is 17.5 Å². The van der Waals surface area contributed by atoms with Gasteiger partial charge >= 0.3 is 5.97 Å². The number of nitrogens with zero attached hydrogens (tertiary/aromatic N) is 2. The maximum Gasteiger partial charge on any atom is 0.326 e. The molecule has 2 amide bonds. The molecule has 2 aromatic carbocycles. The van der Waals surface area contributed by atoms with E-state index in [0.717, 1.165) is 6.07 Å². The van der Waals surface area contributed by atoms with Crippen LogP contribution in [0.3, 0.4) is 0 Å². The summed E-state index contributed by atoms with van der Waals surface area (Å²) in [6.07, 6.45) is 4.29. The number of fused-ring (bicyclic) bond motifs is 2. The standard InChI is InChI=1S/C21H15FN4O4S/c22-13-2-4-17-14(7-13)20(28)25-15-6-12(1-3-18(15)31-17)19(27)26-16(21(29)30)5-11-8-23-10-24-9-11/h1-4,6-10,16H,5H2,(H,25,28)(H,26,27)(H,29,30). The number of aromatic nitrogens is 2. The van der Waals surface area contributed by atoms with Crippen molar-refractivity contribution in [3.8, 4) is 0 Å². The minimum atomic E-state index is -1.20. The Hall–Kier alpha value is -3.79. The number of carbonyl (C=O) groups is 3. The maximum atomic E-state index is 13.5. The highest BCUT2D eigenvalue weighted by atomic mass is 32.2. The average Bonchev–Trinajstić information content (AvgIpc) is 2.89. The number of carboxylic acid groups (broad SMARTS) is 1. The number of halogens is 1. The van der Waals surface area contributed by atoms with Gasteiger partial charge in [0.05, 0.1) is 11.3 Å². The molecule has 1 aliphatic rings. The normalized spacial score (nSPS) is 13.3. The third-order valence-corrected chi connectivity index (χ3v) is 5.71. The molecule has 0 saturated carbocycles. The Balaban J connectivity index is 1.55. The number of carbonyl (C=O) groups excluding carboxylic acids is 2. The molecule has 1 aliphatic heterocycles. The number of rotatable bonds is 5. The molecule has 8 nitrogen and oxygen atoms in total. The molecule has 2 heterocycles. The number of hydrogen-bond donors (Lipinski definition) is 3. The zero-order valence-electron chi connectivity index (χ0n) is 15.8. The zero-order chi connectivity index (χ0) is 22.0. The van der Waals surface area contributed by atoms with Crippen molar-refractivity contribution in [1.82, 2.24) is 15.3 Å². The van der Waals surface area contributed by atoms with Crippen molar-refractivity contribution in [2.24, 2.45) is 0 Å². The van der Waals surface area contributed by atoms with E-state index in [0.29, 0.717) is 21.0 Å². The smallest absolute Gasteiger partial charge is 0.326 e. The lowest BCUT2D eigenvalue weighted by molar-refractivity contribution is -0.139. The first-order valence-electron chi connectivity index (χ1n) is 9.11. The van der Waals surface area contributed by atoms with E-state index in [1.54, 1.807) is 6.07 Å². The van der Waals surface area contributed by atoms with Gasteiger partial charge in [-0.3, -0.25) is 9.59 Å². The van der Waals surface area contributed by atoms with Gasteiger partial charge in [0.25, 0.3) is 11.8 Å². The van der Waals surface area contributed by atoms with E-state index in [2.05, 4.69) is 20.6 Å². The van der Waals surface area contributed by atoms with E-state index >= 15 is 0 Å². The molecule has 10 heteroatoms. The maximum absolute atomic E-state index is 13.5. The van der Waals surface area contributed by atoms with Gasteiger partial charge < -0.3 is 15.7 Å². The Morgan fingerprint density at radius 3 is 2.61 bits per heavy atom. The van der Waals surface area contributed by atoms with Crippen molar-refractivity contribution in [2.45, 2.75) is 22.3 Å². The molecule has 1 atom stereocenters. The Kier molecular flexibility index (Phi) is 5.63. The fourth-order valence-corrected chi connectivity index (χ4v) is 4.04. The molecule has 0 saturated heterocycles. The fraction of sp³-hybridized carbons (Fsp3) is 0.0952. The summed E-state index contributed by atoms with van der Waals surface area (Å²) in [6.45, 7) is 0. The number of aliphatic carboxylic acids is 1. The Labute approximate surface area is 179 Å². The van der Waals surface area contributed by atoms with Crippen molar-refractivity contribution in [3.63, 3.8) is 0 Å². The van der Waals surface area contributed by atoms with E-state index in [1.807, 2.05) is 0 Å². The number of amides is 2. The molecule has 156 valence electrons. The van der Waals surface area contributed by atoms with Crippen LogP contribution in [0.1, 0.15) is 26.3 Å². The molecule has 0 aliphatic carbocycles. The summed E-state index contributed by atoms with van der Waals surface area (Å²) in [5, 5.41) is 14.6.